The lowest BCUT2D eigenvalue weighted by Gasteiger charge is -2.23. The van der Waals surface area contributed by atoms with Gasteiger partial charge in [-0.15, -0.1) is 0 Å². The maximum Gasteiger partial charge on any atom is 0.149 e. The molecule has 2 atom stereocenters. The number of benzene rings is 1. The molecule has 1 aromatic rings. The first-order valence-electron chi connectivity index (χ1n) is 7.15. The van der Waals surface area contributed by atoms with E-state index in [0.717, 1.165) is 24.9 Å². The summed E-state index contributed by atoms with van der Waals surface area (Å²) >= 11 is 0. The monoisotopic (exact) mass is 293 g/mol. The van der Waals surface area contributed by atoms with Crippen molar-refractivity contribution in [3.63, 3.8) is 0 Å². The van der Waals surface area contributed by atoms with E-state index in [1.807, 2.05) is 30.3 Å². The first-order valence-corrected chi connectivity index (χ1v) is 9.22. The van der Waals surface area contributed by atoms with Crippen LogP contribution in [0.1, 0.15) is 30.9 Å². The average Bonchev–Trinajstić information content (AvgIpc) is 2.44. The Labute approximate surface area is 122 Å². The van der Waals surface area contributed by atoms with Gasteiger partial charge in [-0.1, -0.05) is 42.5 Å². The van der Waals surface area contributed by atoms with E-state index in [1.54, 1.807) is 0 Å². The normalized spacial score (nSPS) is 20.8. The number of allylic oxidation sites excluding steroid dienone is 2. The predicted molar refractivity (Wildman–Crippen MR) is 83.4 cm³/mol. The second-order valence-corrected chi connectivity index (χ2v) is 7.80. The highest BCUT2D eigenvalue weighted by atomic mass is 32.2. The number of nitrogens with one attached hydrogen (secondary N) is 1. The van der Waals surface area contributed by atoms with Crippen molar-refractivity contribution in [2.24, 2.45) is 5.92 Å². The largest absolute Gasteiger partial charge is 0.309 e. The Morgan fingerprint density at radius 3 is 2.60 bits per heavy atom. The Morgan fingerprint density at radius 1 is 1.25 bits per heavy atom. The summed E-state index contributed by atoms with van der Waals surface area (Å²) in [5, 5.41) is 3.45. The van der Waals surface area contributed by atoms with E-state index in [9.17, 15) is 8.42 Å². The van der Waals surface area contributed by atoms with Crippen LogP contribution in [0.2, 0.25) is 0 Å². The lowest BCUT2D eigenvalue weighted by atomic mass is 9.94. The average molecular weight is 293 g/mol. The molecule has 4 heteroatoms. The number of sulfone groups is 1. The fourth-order valence-corrected chi connectivity index (χ4v) is 3.53. The molecular weight excluding hydrogens is 270 g/mol. The molecule has 0 fully saturated rings. The SMILES string of the molecule is CS(=O)(=O)C[C@H](NC[C@@H]1CC=CCC1)c1ccccc1. The molecule has 2 rings (SSSR count). The fraction of sp³-hybridized carbons (Fsp3) is 0.500. The topological polar surface area (TPSA) is 46.2 Å². The zero-order chi connectivity index (χ0) is 14.4. The molecule has 1 aliphatic rings. The van der Waals surface area contributed by atoms with Gasteiger partial charge in [0.2, 0.25) is 0 Å². The van der Waals surface area contributed by atoms with Crippen molar-refractivity contribution in [3.8, 4) is 0 Å². The highest BCUT2D eigenvalue weighted by molar-refractivity contribution is 7.90. The summed E-state index contributed by atoms with van der Waals surface area (Å²) in [5.74, 6) is 0.769. The van der Waals surface area contributed by atoms with Crippen molar-refractivity contribution in [1.29, 1.82) is 0 Å². The highest BCUT2D eigenvalue weighted by Crippen LogP contribution is 2.20. The third-order valence-electron chi connectivity index (χ3n) is 3.70. The van der Waals surface area contributed by atoms with Gasteiger partial charge in [0.1, 0.15) is 9.84 Å². The summed E-state index contributed by atoms with van der Waals surface area (Å²) in [7, 11) is -3.00. The number of rotatable bonds is 6. The molecule has 3 nitrogen and oxygen atoms in total. The smallest absolute Gasteiger partial charge is 0.149 e. The van der Waals surface area contributed by atoms with Gasteiger partial charge in [0.15, 0.2) is 0 Å². The van der Waals surface area contributed by atoms with E-state index < -0.39 is 9.84 Å². The van der Waals surface area contributed by atoms with E-state index in [2.05, 4.69) is 17.5 Å². The molecule has 0 heterocycles. The fourth-order valence-electron chi connectivity index (χ4n) is 2.61. The van der Waals surface area contributed by atoms with Crippen molar-refractivity contribution < 1.29 is 8.42 Å². The molecule has 0 radical (unpaired) electrons. The summed E-state index contributed by atoms with van der Waals surface area (Å²) in [4.78, 5) is 0. The zero-order valence-corrected chi connectivity index (χ0v) is 12.8. The Morgan fingerprint density at radius 2 is 2.00 bits per heavy atom. The van der Waals surface area contributed by atoms with Crippen LogP contribution in [0.4, 0.5) is 0 Å². The molecule has 110 valence electrons. The summed E-state index contributed by atoms with van der Waals surface area (Å²) in [6.07, 6.45) is 9.16. The third-order valence-corrected chi connectivity index (χ3v) is 4.64. The molecule has 0 saturated carbocycles. The Hall–Kier alpha value is -1.13. The molecule has 0 amide bonds. The van der Waals surface area contributed by atoms with Gasteiger partial charge in [0, 0.05) is 12.3 Å². The molecule has 0 saturated heterocycles. The Balaban J connectivity index is 2.01. The van der Waals surface area contributed by atoms with Crippen molar-refractivity contribution >= 4 is 9.84 Å². The molecule has 0 unspecified atom stereocenters. The summed E-state index contributed by atoms with van der Waals surface area (Å²) in [6.45, 7) is 0.874. The van der Waals surface area contributed by atoms with Gasteiger partial charge in [0.05, 0.1) is 5.75 Å². The van der Waals surface area contributed by atoms with Crippen molar-refractivity contribution in [2.45, 2.75) is 25.3 Å². The molecular formula is C16H23NO2S. The van der Waals surface area contributed by atoms with Gasteiger partial charge in [0.25, 0.3) is 0 Å². The third kappa shape index (κ3) is 5.10. The number of hydrogen-bond donors (Lipinski definition) is 1. The predicted octanol–water partition coefficient (Wildman–Crippen LogP) is 2.72. The Bertz CT molecular complexity index is 537. The minimum Gasteiger partial charge on any atom is -0.309 e. The van der Waals surface area contributed by atoms with Crippen LogP contribution in [0.3, 0.4) is 0 Å². The van der Waals surface area contributed by atoms with Crippen LogP contribution >= 0.6 is 0 Å². The maximum atomic E-state index is 11.6. The molecule has 0 aliphatic heterocycles. The van der Waals surface area contributed by atoms with Crippen molar-refractivity contribution in [1.82, 2.24) is 5.32 Å². The quantitative estimate of drug-likeness (QED) is 0.820. The molecule has 0 spiro atoms. The van der Waals surface area contributed by atoms with E-state index in [-0.39, 0.29) is 11.8 Å². The first kappa shape index (κ1) is 15.3. The van der Waals surface area contributed by atoms with E-state index in [4.69, 9.17) is 0 Å². The molecule has 0 bridgehead atoms. The maximum absolute atomic E-state index is 11.6. The standard InChI is InChI=1S/C16H23NO2S/c1-20(18,19)13-16(15-10-6-3-7-11-15)17-12-14-8-4-2-5-9-14/h2-4,6-7,10-11,14,16-17H,5,8-9,12-13H2,1H3/t14-,16+/m1/s1. The Kier molecular flexibility index (Phi) is 5.38. The van der Waals surface area contributed by atoms with Crippen LogP contribution in [-0.4, -0.2) is 27.0 Å². The van der Waals surface area contributed by atoms with Gasteiger partial charge in [-0.25, -0.2) is 8.42 Å². The molecule has 1 aliphatic carbocycles. The van der Waals surface area contributed by atoms with Gasteiger partial charge < -0.3 is 5.32 Å². The zero-order valence-electron chi connectivity index (χ0n) is 12.0. The lowest BCUT2D eigenvalue weighted by molar-refractivity contribution is 0.415. The minimum absolute atomic E-state index is 0.114. The molecule has 0 aromatic heterocycles. The van der Waals surface area contributed by atoms with Gasteiger partial charge >= 0.3 is 0 Å². The van der Waals surface area contributed by atoms with Crippen LogP contribution in [0.15, 0.2) is 42.5 Å². The van der Waals surface area contributed by atoms with E-state index >= 15 is 0 Å². The second kappa shape index (κ2) is 7.04. The van der Waals surface area contributed by atoms with Crippen LogP contribution in [0.5, 0.6) is 0 Å². The van der Waals surface area contributed by atoms with Gasteiger partial charge in [-0.2, -0.15) is 0 Å². The summed E-state index contributed by atoms with van der Waals surface area (Å²) < 4.78 is 23.2. The molecule has 1 N–H and O–H groups in total. The van der Waals surface area contributed by atoms with Crippen LogP contribution in [0, 0.1) is 5.92 Å². The second-order valence-electron chi connectivity index (χ2n) is 5.61. The van der Waals surface area contributed by atoms with Crippen molar-refractivity contribution in [3.05, 3.63) is 48.0 Å². The van der Waals surface area contributed by atoms with Crippen LogP contribution < -0.4 is 5.32 Å². The number of hydrogen-bond acceptors (Lipinski definition) is 3. The van der Waals surface area contributed by atoms with E-state index in [1.165, 1.54) is 12.7 Å². The summed E-state index contributed by atoms with van der Waals surface area (Å²) in [6, 6.07) is 9.72. The van der Waals surface area contributed by atoms with Gasteiger partial charge in [-0.05, 0) is 37.3 Å². The minimum atomic E-state index is -3.00. The summed E-state index contributed by atoms with van der Waals surface area (Å²) in [5.41, 5.74) is 1.05. The van der Waals surface area contributed by atoms with E-state index in [0.29, 0.717) is 5.92 Å². The first-order chi connectivity index (χ1) is 9.54. The molecule has 20 heavy (non-hydrogen) atoms. The highest BCUT2D eigenvalue weighted by Gasteiger charge is 2.19. The van der Waals surface area contributed by atoms with Gasteiger partial charge in [-0.3, -0.25) is 0 Å². The molecule has 1 aromatic carbocycles. The van der Waals surface area contributed by atoms with Crippen LogP contribution in [-0.2, 0) is 9.84 Å². The van der Waals surface area contributed by atoms with Crippen LogP contribution in [0.25, 0.3) is 0 Å². The van der Waals surface area contributed by atoms with Crippen molar-refractivity contribution in [2.75, 3.05) is 18.6 Å². The lowest BCUT2D eigenvalue weighted by Crippen LogP contribution is -2.32.